The number of rotatable bonds is 3. The maximum Gasteiger partial charge on any atom is 0.0900 e. The van der Waals surface area contributed by atoms with Crippen LogP contribution in [0, 0.1) is 0 Å². The van der Waals surface area contributed by atoms with Gasteiger partial charge in [0.1, 0.15) is 0 Å². The molecule has 0 spiro atoms. The molecule has 82 valence electrons. The molecule has 1 saturated heterocycles. The zero-order valence-corrected chi connectivity index (χ0v) is 8.95. The van der Waals surface area contributed by atoms with Gasteiger partial charge in [0.25, 0.3) is 0 Å². The summed E-state index contributed by atoms with van der Waals surface area (Å²) >= 11 is 0. The van der Waals surface area contributed by atoms with E-state index in [2.05, 4.69) is 11.8 Å². The Bertz CT molecular complexity index is 201. The zero-order valence-electron chi connectivity index (χ0n) is 8.95. The molecular formula is C11H21NO2. The van der Waals surface area contributed by atoms with Crippen LogP contribution < -0.4 is 0 Å². The van der Waals surface area contributed by atoms with Crippen LogP contribution in [0.2, 0.25) is 0 Å². The first-order chi connectivity index (χ1) is 6.64. The molecule has 0 aromatic carbocycles. The lowest BCUT2D eigenvalue weighted by Gasteiger charge is -2.50. The van der Waals surface area contributed by atoms with Gasteiger partial charge in [-0.05, 0) is 25.7 Å². The number of β-amino-alcohol motifs (C(OH)–C–C–N with tert-alkyl or cyclic N) is 1. The summed E-state index contributed by atoms with van der Waals surface area (Å²) in [6.45, 7) is 3.64. The molecule has 0 aromatic rings. The standard InChI is InChI=1S/C11H21NO2/c1-2-6-11(14)7-12(8-11)9-4-3-5-10(9)13/h9-10,13-14H,2-8H2,1H3/t9-,10-/m1/s1. The molecular weight excluding hydrogens is 178 g/mol. The van der Waals surface area contributed by atoms with Crippen molar-refractivity contribution >= 4 is 0 Å². The number of hydrogen-bond acceptors (Lipinski definition) is 3. The lowest BCUT2D eigenvalue weighted by molar-refractivity contribution is -0.131. The minimum atomic E-state index is -0.447. The minimum Gasteiger partial charge on any atom is -0.391 e. The highest BCUT2D eigenvalue weighted by Crippen LogP contribution is 2.33. The second kappa shape index (κ2) is 3.80. The van der Waals surface area contributed by atoms with Crippen LogP contribution in [0.25, 0.3) is 0 Å². The van der Waals surface area contributed by atoms with Crippen molar-refractivity contribution in [1.82, 2.24) is 4.90 Å². The van der Waals surface area contributed by atoms with Crippen molar-refractivity contribution in [1.29, 1.82) is 0 Å². The molecule has 2 fully saturated rings. The largest absolute Gasteiger partial charge is 0.391 e. The molecule has 0 aromatic heterocycles. The quantitative estimate of drug-likeness (QED) is 0.705. The molecule has 14 heavy (non-hydrogen) atoms. The van der Waals surface area contributed by atoms with Gasteiger partial charge in [0.2, 0.25) is 0 Å². The van der Waals surface area contributed by atoms with E-state index in [-0.39, 0.29) is 6.10 Å². The Labute approximate surface area is 85.7 Å². The van der Waals surface area contributed by atoms with E-state index >= 15 is 0 Å². The Morgan fingerprint density at radius 1 is 1.36 bits per heavy atom. The third-order valence-corrected chi connectivity index (χ3v) is 3.62. The van der Waals surface area contributed by atoms with Crippen LogP contribution in [0.1, 0.15) is 39.0 Å². The molecule has 3 nitrogen and oxygen atoms in total. The Balaban J connectivity index is 1.81. The highest BCUT2D eigenvalue weighted by atomic mass is 16.3. The maximum absolute atomic E-state index is 10.0. The van der Waals surface area contributed by atoms with Gasteiger partial charge in [0.15, 0.2) is 0 Å². The third-order valence-electron chi connectivity index (χ3n) is 3.62. The normalized spacial score (nSPS) is 37.1. The van der Waals surface area contributed by atoms with Crippen molar-refractivity contribution in [2.75, 3.05) is 13.1 Å². The SMILES string of the molecule is CCCC1(O)CN([C@@H]2CCC[C@H]2O)C1. The van der Waals surface area contributed by atoms with Crippen LogP contribution in [0.3, 0.4) is 0 Å². The van der Waals surface area contributed by atoms with Crippen LogP contribution in [0.15, 0.2) is 0 Å². The average Bonchev–Trinajstić information content (AvgIpc) is 2.47. The molecule has 0 bridgehead atoms. The highest BCUT2D eigenvalue weighted by Gasteiger charge is 2.45. The summed E-state index contributed by atoms with van der Waals surface area (Å²) in [6.07, 6.45) is 4.95. The van der Waals surface area contributed by atoms with Crippen LogP contribution in [0.4, 0.5) is 0 Å². The van der Waals surface area contributed by atoms with Gasteiger partial charge in [-0.1, -0.05) is 13.3 Å². The van der Waals surface area contributed by atoms with Gasteiger partial charge < -0.3 is 10.2 Å². The monoisotopic (exact) mass is 199 g/mol. The summed E-state index contributed by atoms with van der Waals surface area (Å²) in [6, 6.07) is 0.326. The first kappa shape index (κ1) is 10.4. The topological polar surface area (TPSA) is 43.7 Å². The second-order valence-electron chi connectivity index (χ2n) is 4.94. The Kier molecular flexibility index (Phi) is 2.82. The Morgan fingerprint density at radius 3 is 2.57 bits per heavy atom. The fourth-order valence-electron chi connectivity index (χ4n) is 2.91. The summed E-state index contributed by atoms with van der Waals surface area (Å²) in [5.41, 5.74) is -0.447. The molecule has 3 heteroatoms. The van der Waals surface area contributed by atoms with Crippen LogP contribution in [0.5, 0.6) is 0 Å². The number of hydrogen-bond donors (Lipinski definition) is 2. The lowest BCUT2D eigenvalue weighted by atomic mass is 9.87. The van der Waals surface area contributed by atoms with Crippen molar-refractivity contribution in [2.45, 2.75) is 56.8 Å². The second-order valence-corrected chi connectivity index (χ2v) is 4.94. The fraction of sp³-hybridized carbons (Fsp3) is 1.00. The predicted molar refractivity (Wildman–Crippen MR) is 55.1 cm³/mol. The first-order valence-electron chi connectivity index (χ1n) is 5.79. The van der Waals surface area contributed by atoms with Gasteiger partial charge in [-0.3, -0.25) is 4.90 Å². The molecule has 2 atom stereocenters. The Hall–Kier alpha value is -0.120. The molecule has 1 aliphatic heterocycles. The summed E-state index contributed by atoms with van der Waals surface area (Å²) < 4.78 is 0. The van der Waals surface area contributed by atoms with E-state index in [1.54, 1.807) is 0 Å². The Morgan fingerprint density at radius 2 is 2.07 bits per heavy atom. The van der Waals surface area contributed by atoms with Crippen molar-refractivity contribution in [2.24, 2.45) is 0 Å². The van der Waals surface area contributed by atoms with Gasteiger partial charge in [-0.2, -0.15) is 0 Å². The number of likely N-dealkylation sites (tertiary alicyclic amines) is 1. The number of aliphatic hydroxyl groups excluding tert-OH is 1. The molecule has 1 saturated carbocycles. The van der Waals surface area contributed by atoms with Crippen molar-refractivity contribution < 1.29 is 10.2 Å². The van der Waals surface area contributed by atoms with Gasteiger partial charge in [0, 0.05) is 19.1 Å². The van der Waals surface area contributed by atoms with Crippen LogP contribution in [-0.4, -0.2) is 45.9 Å². The summed E-state index contributed by atoms with van der Waals surface area (Å²) in [4.78, 5) is 2.24. The molecule has 2 aliphatic rings. The maximum atomic E-state index is 10.0. The zero-order chi connectivity index (χ0) is 10.2. The van der Waals surface area contributed by atoms with E-state index in [1.165, 1.54) is 0 Å². The van der Waals surface area contributed by atoms with Gasteiger partial charge in [0.05, 0.1) is 11.7 Å². The van der Waals surface area contributed by atoms with Crippen molar-refractivity contribution in [3.8, 4) is 0 Å². The smallest absolute Gasteiger partial charge is 0.0900 e. The van der Waals surface area contributed by atoms with Gasteiger partial charge >= 0.3 is 0 Å². The molecule has 1 heterocycles. The van der Waals surface area contributed by atoms with Gasteiger partial charge in [-0.15, -0.1) is 0 Å². The summed E-state index contributed by atoms with van der Waals surface area (Å²) in [7, 11) is 0. The fourth-order valence-corrected chi connectivity index (χ4v) is 2.91. The first-order valence-corrected chi connectivity index (χ1v) is 5.79. The van der Waals surface area contributed by atoms with E-state index in [1.807, 2.05) is 0 Å². The van der Waals surface area contributed by atoms with E-state index < -0.39 is 5.60 Å². The molecule has 1 aliphatic carbocycles. The lowest BCUT2D eigenvalue weighted by Crippen LogP contribution is -2.65. The number of nitrogens with zero attached hydrogens (tertiary/aromatic N) is 1. The number of aliphatic hydroxyl groups is 2. The molecule has 0 amide bonds. The molecule has 0 radical (unpaired) electrons. The van der Waals surface area contributed by atoms with Crippen LogP contribution >= 0.6 is 0 Å². The van der Waals surface area contributed by atoms with Crippen LogP contribution in [-0.2, 0) is 0 Å². The molecule has 2 N–H and O–H groups in total. The van der Waals surface area contributed by atoms with E-state index in [9.17, 15) is 10.2 Å². The summed E-state index contributed by atoms with van der Waals surface area (Å²) in [5.74, 6) is 0. The average molecular weight is 199 g/mol. The van der Waals surface area contributed by atoms with Gasteiger partial charge in [-0.25, -0.2) is 0 Å². The predicted octanol–water partition coefficient (Wildman–Crippen LogP) is 0.747. The van der Waals surface area contributed by atoms with E-state index in [0.717, 1.165) is 45.2 Å². The van der Waals surface area contributed by atoms with E-state index in [0.29, 0.717) is 6.04 Å². The molecule has 2 rings (SSSR count). The molecule has 0 unspecified atom stereocenters. The van der Waals surface area contributed by atoms with Crippen molar-refractivity contribution in [3.05, 3.63) is 0 Å². The summed E-state index contributed by atoms with van der Waals surface area (Å²) in [5, 5.41) is 19.7. The third kappa shape index (κ3) is 1.81. The van der Waals surface area contributed by atoms with Crippen molar-refractivity contribution in [3.63, 3.8) is 0 Å². The van der Waals surface area contributed by atoms with E-state index in [4.69, 9.17) is 0 Å². The minimum absolute atomic E-state index is 0.152. The highest BCUT2D eigenvalue weighted by molar-refractivity contribution is 5.00.